The Kier molecular flexibility index (Phi) is 2.36. The first-order valence-corrected chi connectivity index (χ1v) is 4.83. The highest BCUT2D eigenvalue weighted by atomic mass is 16.5. The molecule has 15 heavy (non-hydrogen) atoms. The van der Waals surface area contributed by atoms with E-state index < -0.39 is 12.7 Å². The zero-order chi connectivity index (χ0) is 11.1. The summed E-state index contributed by atoms with van der Waals surface area (Å²) in [7, 11) is -0.901. The van der Waals surface area contributed by atoms with Crippen LogP contribution in [0.25, 0.3) is 0 Å². The van der Waals surface area contributed by atoms with Crippen molar-refractivity contribution in [3.8, 4) is 0 Å². The molecule has 4 nitrogen and oxygen atoms in total. The highest BCUT2D eigenvalue weighted by Gasteiger charge is 2.40. The van der Waals surface area contributed by atoms with Crippen LogP contribution in [0.3, 0.4) is 0 Å². The van der Waals surface area contributed by atoms with Crippen LogP contribution >= 0.6 is 0 Å². The Morgan fingerprint density at radius 1 is 1.53 bits per heavy atom. The number of nitroso groups, excluding NO2 is 1. The summed E-state index contributed by atoms with van der Waals surface area (Å²) in [6, 6.07) is 5.49. The molecule has 0 saturated heterocycles. The average molecular weight is 205 g/mol. The predicted octanol–water partition coefficient (Wildman–Crippen LogP) is 0.906. The van der Waals surface area contributed by atoms with Gasteiger partial charge in [-0.1, -0.05) is 23.4 Å². The maximum Gasteiger partial charge on any atom is 0.492 e. The van der Waals surface area contributed by atoms with Gasteiger partial charge in [-0.25, -0.2) is 0 Å². The van der Waals surface area contributed by atoms with E-state index in [4.69, 9.17) is 4.65 Å². The molecule has 1 aliphatic heterocycles. The van der Waals surface area contributed by atoms with Crippen LogP contribution in [0.15, 0.2) is 23.4 Å². The van der Waals surface area contributed by atoms with Gasteiger partial charge in [0.1, 0.15) is 6.54 Å². The summed E-state index contributed by atoms with van der Waals surface area (Å²) in [4.78, 5) is 10.1. The van der Waals surface area contributed by atoms with Crippen molar-refractivity contribution < 1.29 is 9.68 Å². The lowest BCUT2D eigenvalue weighted by Gasteiger charge is -2.19. The lowest BCUT2D eigenvalue weighted by molar-refractivity contribution is 0.101. The Labute approximate surface area is 88.4 Å². The maximum absolute atomic E-state index is 10.1. The van der Waals surface area contributed by atoms with E-state index in [0.717, 1.165) is 16.6 Å². The van der Waals surface area contributed by atoms with Crippen LogP contribution in [-0.4, -0.2) is 12.1 Å². The summed E-state index contributed by atoms with van der Waals surface area (Å²) in [6.07, 6.45) is 0. The van der Waals surface area contributed by atoms with Crippen molar-refractivity contribution in [2.75, 3.05) is 0 Å². The average Bonchev–Trinajstić information content (AvgIpc) is 2.38. The van der Waals surface area contributed by atoms with E-state index in [1.807, 2.05) is 26.0 Å². The van der Waals surface area contributed by atoms with Gasteiger partial charge in [0.25, 0.3) is 0 Å². The van der Waals surface area contributed by atoms with E-state index in [-0.39, 0.29) is 6.54 Å². The molecular formula is C10H12BNO3. The van der Waals surface area contributed by atoms with Crippen LogP contribution in [0.1, 0.15) is 25.0 Å². The molecule has 0 atom stereocenters. The monoisotopic (exact) mass is 205 g/mol. The van der Waals surface area contributed by atoms with Crippen molar-refractivity contribution in [2.45, 2.75) is 26.0 Å². The van der Waals surface area contributed by atoms with Crippen LogP contribution in [0.2, 0.25) is 0 Å². The Hall–Kier alpha value is -1.20. The number of rotatable bonds is 2. The second kappa shape index (κ2) is 3.43. The minimum absolute atomic E-state index is 0.125. The Morgan fingerprint density at radius 3 is 2.93 bits per heavy atom. The quantitative estimate of drug-likeness (QED) is 0.576. The van der Waals surface area contributed by atoms with Gasteiger partial charge in [0.15, 0.2) is 0 Å². The molecule has 1 N–H and O–H groups in total. The molecule has 0 saturated carbocycles. The number of fused-ring (bicyclic) bond motifs is 1. The van der Waals surface area contributed by atoms with E-state index in [1.54, 1.807) is 6.07 Å². The second-order valence-corrected chi connectivity index (χ2v) is 4.19. The smallest absolute Gasteiger partial charge is 0.423 e. The summed E-state index contributed by atoms with van der Waals surface area (Å²) < 4.78 is 5.40. The van der Waals surface area contributed by atoms with Gasteiger partial charge in [-0.05, 0) is 30.4 Å². The van der Waals surface area contributed by atoms with Gasteiger partial charge < -0.3 is 9.68 Å². The molecule has 0 spiro atoms. The van der Waals surface area contributed by atoms with E-state index in [0.29, 0.717) is 0 Å². The minimum Gasteiger partial charge on any atom is -0.423 e. The molecule has 1 aromatic carbocycles. The largest absolute Gasteiger partial charge is 0.492 e. The van der Waals surface area contributed by atoms with E-state index in [9.17, 15) is 9.93 Å². The number of hydrogen-bond donors (Lipinski definition) is 1. The molecule has 5 heteroatoms. The third kappa shape index (κ3) is 1.68. The molecule has 0 fully saturated rings. The number of benzene rings is 1. The fraction of sp³-hybridized carbons (Fsp3) is 0.400. The van der Waals surface area contributed by atoms with Crippen LogP contribution in [0.4, 0.5) is 0 Å². The summed E-state index contributed by atoms with van der Waals surface area (Å²) in [5, 5.41) is 12.5. The molecule has 1 heterocycles. The third-order valence-corrected chi connectivity index (χ3v) is 2.68. The molecule has 0 aliphatic carbocycles. The van der Waals surface area contributed by atoms with Gasteiger partial charge in [-0.2, -0.15) is 4.91 Å². The predicted molar refractivity (Wildman–Crippen MR) is 57.7 cm³/mol. The van der Waals surface area contributed by atoms with Crippen molar-refractivity contribution in [2.24, 2.45) is 5.18 Å². The van der Waals surface area contributed by atoms with Crippen molar-refractivity contribution in [1.82, 2.24) is 0 Å². The molecule has 0 amide bonds. The van der Waals surface area contributed by atoms with Gasteiger partial charge in [-0.15, -0.1) is 0 Å². The van der Waals surface area contributed by atoms with E-state index in [1.165, 1.54) is 0 Å². The number of hydrogen-bond acceptors (Lipinski definition) is 4. The molecule has 2 rings (SSSR count). The SMILES string of the molecule is CC1(C)OB(O)c2cc(CN=O)ccc21. The van der Waals surface area contributed by atoms with E-state index in [2.05, 4.69) is 5.18 Å². The number of nitrogens with zero attached hydrogens (tertiary/aromatic N) is 1. The normalized spacial score (nSPS) is 17.7. The molecule has 0 bridgehead atoms. The summed E-state index contributed by atoms with van der Waals surface area (Å²) in [6.45, 7) is 3.93. The first-order valence-electron chi connectivity index (χ1n) is 4.83. The molecular weight excluding hydrogens is 193 g/mol. The topological polar surface area (TPSA) is 58.9 Å². The lowest BCUT2D eigenvalue weighted by atomic mass is 9.77. The molecule has 78 valence electrons. The maximum atomic E-state index is 10.1. The molecule has 0 radical (unpaired) electrons. The first kappa shape index (κ1) is 10.3. The van der Waals surface area contributed by atoms with Gasteiger partial charge in [0, 0.05) is 0 Å². The highest BCUT2D eigenvalue weighted by molar-refractivity contribution is 6.62. The lowest BCUT2D eigenvalue weighted by Crippen LogP contribution is -2.28. The van der Waals surface area contributed by atoms with Crippen LogP contribution in [0.5, 0.6) is 0 Å². The Bertz CT molecular complexity index is 406. The van der Waals surface area contributed by atoms with Crippen molar-refractivity contribution in [1.29, 1.82) is 0 Å². The van der Waals surface area contributed by atoms with Gasteiger partial charge >= 0.3 is 7.12 Å². The van der Waals surface area contributed by atoms with Crippen molar-refractivity contribution in [3.63, 3.8) is 0 Å². The zero-order valence-corrected chi connectivity index (χ0v) is 8.73. The molecule has 1 aliphatic rings. The summed E-state index contributed by atoms with van der Waals surface area (Å²) >= 11 is 0. The summed E-state index contributed by atoms with van der Waals surface area (Å²) in [5.41, 5.74) is 2.02. The van der Waals surface area contributed by atoms with Crippen LogP contribution in [-0.2, 0) is 16.8 Å². The van der Waals surface area contributed by atoms with Gasteiger partial charge in [0.05, 0.1) is 5.60 Å². The first-order chi connectivity index (χ1) is 7.04. The Balaban J connectivity index is 2.45. The van der Waals surface area contributed by atoms with Crippen LogP contribution in [0, 0.1) is 4.91 Å². The third-order valence-electron chi connectivity index (χ3n) is 2.68. The second-order valence-electron chi connectivity index (χ2n) is 4.19. The molecule has 1 aromatic rings. The molecule has 0 aromatic heterocycles. The van der Waals surface area contributed by atoms with Crippen LogP contribution < -0.4 is 5.46 Å². The van der Waals surface area contributed by atoms with Gasteiger partial charge in [0.2, 0.25) is 0 Å². The summed E-state index contributed by atoms with van der Waals surface area (Å²) in [5.74, 6) is 0. The van der Waals surface area contributed by atoms with Crippen molar-refractivity contribution >= 4 is 12.6 Å². The molecule has 0 unspecified atom stereocenters. The minimum atomic E-state index is -0.901. The van der Waals surface area contributed by atoms with Crippen molar-refractivity contribution in [3.05, 3.63) is 34.2 Å². The Morgan fingerprint density at radius 2 is 2.27 bits per heavy atom. The zero-order valence-electron chi connectivity index (χ0n) is 8.73. The fourth-order valence-corrected chi connectivity index (χ4v) is 1.94. The standard InChI is InChI=1S/C10H12BNO3/c1-10(2)8-4-3-7(6-12-14)5-9(8)11(13)15-10/h3-5,13H,6H2,1-2H3. The van der Waals surface area contributed by atoms with Gasteiger partial charge in [-0.3, -0.25) is 0 Å². The highest BCUT2D eigenvalue weighted by Crippen LogP contribution is 2.29. The fourth-order valence-electron chi connectivity index (χ4n) is 1.94. The van der Waals surface area contributed by atoms with E-state index >= 15 is 0 Å².